The molecule has 0 aliphatic rings. The van der Waals surface area contributed by atoms with Crippen molar-refractivity contribution in [2.75, 3.05) is 0 Å². The van der Waals surface area contributed by atoms with Crippen LogP contribution in [0.1, 0.15) is 85.3 Å². The maximum atomic E-state index is 10.3. The minimum absolute atomic E-state index is 0.0145. The van der Waals surface area contributed by atoms with E-state index in [1.54, 1.807) is 6.07 Å². The van der Waals surface area contributed by atoms with Crippen molar-refractivity contribution in [2.45, 2.75) is 86.1 Å². The molecule has 0 fully saturated rings. The van der Waals surface area contributed by atoms with E-state index < -0.39 is 0 Å². The molecule has 0 unspecified atom stereocenters. The van der Waals surface area contributed by atoms with E-state index in [0.717, 1.165) is 37.0 Å². The lowest BCUT2D eigenvalue weighted by molar-refractivity contribution is 0.278. The molecular formula is C23H39N3O. The van der Waals surface area contributed by atoms with Crippen LogP contribution >= 0.6 is 0 Å². The van der Waals surface area contributed by atoms with Gasteiger partial charge in [-0.3, -0.25) is 0 Å². The largest absolute Gasteiger partial charge is 0.508 e. The van der Waals surface area contributed by atoms with Crippen LogP contribution in [0, 0.1) is 5.41 Å². The number of benzene rings is 1. The van der Waals surface area contributed by atoms with Crippen molar-refractivity contribution in [3.05, 3.63) is 41.5 Å². The van der Waals surface area contributed by atoms with Crippen molar-refractivity contribution in [3.8, 4) is 5.75 Å². The molecule has 0 heterocycles. The van der Waals surface area contributed by atoms with Crippen LogP contribution in [0.2, 0.25) is 0 Å². The van der Waals surface area contributed by atoms with Crippen LogP contribution in [0.3, 0.4) is 0 Å². The molecule has 4 nitrogen and oxygen atoms in total. The summed E-state index contributed by atoms with van der Waals surface area (Å²) in [6, 6.07) is 5.86. The zero-order chi connectivity index (χ0) is 20.7. The molecule has 0 bridgehead atoms. The molecule has 0 saturated heterocycles. The van der Waals surface area contributed by atoms with Gasteiger partial charge < -0.3 is 5.11 Å². The van der Waals surface area contributed by atoms with E-state index in [1.807, 2.05) is 12.1 Å². The number of aromatic hydroxyl groups is 1. The molecule has 0 amide bonds. The zero-order valence-electron chi connectivity index (χ0n) is 18.3. The first-order valence-electron chi connectivity index (χ1n) is 10.1. The normalized spacial score (nSPS) is 13.4. The summed E-state index contributed by atoms with van der Waals surface area (Å²) in [6.07, 6.45) is 8.05. The molecule has 0 atom stereocenters. The number of hydrogen-bond donors (Lipinski definition) is 2. The zero-order valence-corrected chi connectivity index (χ0v) is 18.3. The highest BCUT2D eigenvalue weighted by Gasteiger charge is 2.27. The summed E-state index contributed by atoms with van der Waals surface area (Å²) in [4.78, 5) is 0. The molecule has 4 heteroatoms. The maximum absolute atomic E-state index is 10.3. The van der Waals surface area contributed by atoms with E-state index in [4.69, 9.17) is 5.84 Å². The Labute approximate surface area is 166 Å². The highest BCUT2D eigenvalue weighted by molar-refractivity contribution is 5.94. The molecular weight excluding hydrogens is 334 g/mol. The molecule has 27 heavy (non-hydrogen) atoms. The highest BCUT2D eigenvalue weighted by atomic mass is 16.3. The van der Waals surface area contributed by atoms with Crippen molar-refractivity contribution in [2.24, 2.45) is 16.4 Å². The van der Waals surface area contributed by atoms with Crippen LogP contribution in [-0.2, 0) is 12.0 Å². The first kappa shape index (κ1) is 23.2. The number of nitrogens with two attached hydrogens (primary N) is 1. The number of nitrogens with zero attached hydrogens (tertiary/aromatic N) is 2. The Bertz CT molecular complexity index is 654. The second-order valence-electron chi connectivity index (χ2n) is 9.21. The molecule has 1 rings (SSSR count). The van der Waals surface area contributed by atoms with Crippen LogP contribution in [0.5, 0.6) is 5.75 Å². The Morgan fingerprint density at radius 2 is 1.85 bits per heavy atom. The van der Waals surface area contributed by atoms with Crippen molar-refractivity contribution < 1.29 is 5.11 Å². The number of phenolic OH excluding ortho intramolecular Hbond substituents is 1. The number of hydrazine groups is 1. The van der Waals surface area contributed by atoms with Gasteiger partial charge >= 0.3 is 0 Å². The van der Waals surface area contributed by atoms with Gasteiger partial charge in [0.2, 0.25) is 0 Å². The first-order valence-corrected chi connectivity index (χ1v) is 10.1. The third-order valence-corrected chi connectivity index (χ3v) is 4.47. The minimum atomic E-state index is 0.0145. The Morgan fingerprint density at radius 3 is 2.41 bits per heavy atom. The summed E-state index contributed by atoms with van der Waals surface area (Å²) in [5.74, 6) is 6.40. The summed E-state index contributed by atoms with van der Waals surface area (Å²) in [7, 11) is 0. The lowest BCUT2D eigenvalue weighted by Crippen LogP contribution is -2.27. The fraction of sp³-hybridized carbons (Fsp3) is 0.609. The smallest absolute Gasteiger partial charge is 0.120 e. The van der Waals surface area contributed by atoms with E-state index in [2.05, 4.69) is 65.7 Å². The molecule has 0 radical (unpaired) electrons. The Balaban J connectivity index is 3.05. The van der Waals surface area contributed by atoms with Crippen molar-refractivity contribution in [1.29, 1.82) is 0 Å². The van der Waals surface area contributed by atoms with Crippen LogP contribution < -0.4 is 5.84 Å². The standard InChI is InChI=1S/C23H39N3O/c1-8-10-12-20(11-9-2)25-26(24)16-18-15-19(13-14-21(18)27)23(6,7)17-22(3,4)5/h10,12-15,27H,8-9,11,16-17,24H2,1-7H3/b12-10-,25-20+. The summed E-state index contributed by atoms with van der Waals surface area (Å²) in [6.45, 7) is 15.9. The van der Waals surface area contributed by atoms with E-state index in [0.29, 0.717) is 6.54 Å². The number of hydrazone groups is 1. The average molecular weight is 374 g/mol. The van der Waals surface area contributed by atoms with Crippen molar-refractivity contribution in [1.82, 2.24) is 5.12 Å². The number of phenols is 1. The average Bonchev–Trinajstić information content (AvgIpc) is 2.52. The van der Waals surface area contributed by atoms with Gasteiger partial charge in [0, 0.05) is 5.56 Å². The van der Waals surface area contributed by atoms with Crippen LogP contribution in [0.15, 0.2) is 35.5 Å². The third-order valence-electron chi connectivity index (χ3n) is 4.47. The summed E-state index contributed by atoms with van der Waals surface area (Å²) < 4.78 is 0. The van der Waals surface area contributed by atoms with Gasteiger partial charge in [0.15, 0.2) is 0 Å². The predicted octanol–water partition coefficient (Wildman–Crippen LogP) is 5.90. The summed E-state index contributed by atoms with van der Waals surface area (Å²) in [5, 5.41) is 16.3. The van der Waals surface area contributed by atoms with E-state index in [9.17, 15) is 5.11 Å². The first-order chi connectivity index (χ1) is 12.5. The van der Waals surface area contributed by atoms with Gasteiger partial charge in [0.05, 0.1) is 12.3 Å². The van der Waals surface area contributed by atoms with Crippen LogP contribution in [-0.4, -0.2) is 15.9 Å². The van der Waals surface area contributed by atoms with Gasteiger partial charge in [-0.1, -0.05) is 67.0 Å². The Kier molecular flexibility index (Phi) is 8.55. The molecule has 0 saturated carbocycles. The van der Waals surface area contributed by atoms with E-state index >= 15 is 0 Å². The molecule has 0 aliphatic carbocycles. The third kappa shape index (κ3) is 8.17. The summed E-state index contributed by atoms with van der Waals surface area (Å²) in [5.41, 5.74) is 3.22. The molecule has 0 aliphatic heterocycles. The van der Waals surface area contributed by atoms with Gasteiger partial charge in [0.1, 0.15) is 5.75 Å². The fourth-order valence-electron chi connectivity index (χ4n) is 3.61. The van der Waals surface area contributed by atoms with Gasteiger partial charge in [-0.2, -0.15) is 5.10 Å². The number of hydrogen-bond acceptors (Lipinski definition) is 4. The van der Waals surface area contributed by atoms with Crippen molar-refractivity contribution >= 4 is 5.71 Å². The van der Waals surface area contributed by atoms with Gasteiger partial charge in [-0.15, -0.1) is 0 Å². The van der Waals surface area contributed by atoms with Crippen molar-refractivity contribution in [3.63, 3.8) is 0 Å². The topological polar surface area (TPSA) is 61.8 Å². The predicted molar refractivity (Wildman–Crippen MR) is 117 cm³/mol. The molecule has 3 N–H and O–H groups in total. The number of allylic oxidation sites excluding steroid dienone is 2. The molecule has 0 spiro atoms. The number of rotatable bonds is 9. The lowest BCUT2D eigenvalue weighted by Gasteiger charge is -2.33. The van der Waals surface area contributed by atoms with E-state index in [-0.39, 0.29) is 16.6 Å². The Morgan fingerprint density at radius 1 is 1.19 bits per heavy atom. The van der Waals surface area contributed by atoms with E-state index in [1.165, 1.54) is 10.7 Å². The SMILES string of the molecule is CC/C=C\C(CCC)=N\N(N)Cc1cc(C(C)(C)CC(C)(C)C)ccc1O. The Hall–Kier alpha value is -1.81. The van der Waals surface area contributed by atoms with Gasteiger partial charge in [0.25, 0.3) is 0 Å². The second-order valence-corrected chi connectivity index (χ2v) is 9.21. The minimum Gasteiger partial charge on any atom is -0.508 e. The van der Waals surface area contributed by atoms with Crippen LogP contribution in [0.25, 0.3) is 0 Å². The maximum Gasteiger partial charge on any atom is 0.120 e. The molecule has 1 aromatic carbocycles. The van der Waals surface area contributed by atoms with Crippen LogP contribution in [0.4, 0.5) is 0 Å². The van der Waals surface area contributed by atoms with Gasteiger partial charge in [-0.25, -0.2) is 11.0 Å². The fourth-order valence-corrected chi connectivity index (χ4v) is 3.61. The molecule has 152 valence electrons. The second kappa shape index (κ2) is 9.93. The molecule has 0 aromatic heterocycles. The summed E-state index contributed by atoms with van der Waals surface area (Å²) >= 11 is 0. The lowest BCUT2D eigenvalue weighted by atomic mass is 9.72. The monoisotopic (exact) mass is 373 g/mol. The quantitative estimate of drug-likeness (QED) is 0.321. The molecule has 1 aromatic rings. The van der Waals surface area contributed by atoms with Gasteiger partial charge in [-0.05, 0) is 53.9 Å². The highest BCUT2D eigenvalue weighted by Crippen LogP contribution is 2.37.